The summed E-state index contributed by atoms with van der Waals surface area (Å²) in [6, 6.07) is 5.22. The number of nitrogens with one attached hydrogen (secondary N) is 1. The third-order valence-corrected chi connectivity index (χ3v) is 5.22. The Balaban J connectivity index is 2.04. The van der Waals surface area contributed by atoms with E-state index < -0.39 is 5.95 Å². The van der Waals surface area contributed by atoms with Crippen LogP contribution in [0, 0.1) is 11.4 Å². The first-order valence-corrected chi connectivity index (χ1v) is 9.79. The molecule has 0 radical (unpaired) electrons. The van der Waals surface area contributed by atoms with E-state index in [9.17, 15) is 4.39 Å². The molecule has 1 saturated heterocycles. The molecule has 30 heavy (non-hydrogen) atoms. The van der Waals surface area contributed by atoms with Crippen molar-refractivity contribution in [3.8, 4) is 11.1 Å². The summed E-state index contributed by atoms with van der Waals surface area (Å²) in [4.78, 5) is 15.1. The minimum absolute atomic E-state index is 0.0912. The first-order valence-electron chi connectivity index (χ1n) is 9.41. The molecule has 0 aliphatic carbocycles. The van der Waals surface area contributed by atoms with E-state index in [2.05, 4.69) is 14.9 Å². The largest absolute Gasteiger partial charge is 0.397 e. The quantitative estimate of drug-likeness (QED) is 0.487. The maximum absolute atomic E-state index is 14.7. The predicted molar refractivity (Wildman–Crippen MR) is 116 cm³/mol. The van der Waals surface area contributed by atoms with Crippen LogP contribution >= 0.6 is 11.6 Å². The van der Waals surface area contributed by atoms with E-state index >= 15 is 0 Å². The number of hydrogen-bond donors (Lipinski definition) is 2. The van der Waals surface area contributed by atoms with Crippen LogP contribution in [0.15, 0.2) is 36.7 Å². The number of allylic oxidation sites excluding steroid dienone is 1. The molecular weight excluding hydrogens is 407 g/mol. The Hall–Kier alpha value is -3.10. The maximum Gasteiger partial charge on any atom is 0.220 e. The lowest BCUT2D eigenvalue weighted by Gasteiger charge is -2.34. The molecule has 7 nitrogen and oxygen atoms in total. The van der Waals surface area contributed by atoms with E-state index in [4.69, 9.17) is 32.5 Å². The lowest BCUT2D eigenvalue weighted by Crippen LogP contribution is -2.44. The van der Waals surface area contributed by atoms with E-state index in [1.807, 2.05) is 13.0 Å². The Kier molecular flexibility index (Phi) is 5.61. The molecule has 1 fully saturated rings. The fourth-order valence-corrected chi connectivity index (χ4v) is 3.72. The van der Waals surface area contributed by atoms with E-state index in [1.54, 1.807) is 18.3 Å². The number of hydrogen-bond acceptors (Lipinski definition) is 7. The molecule has 1 aliphatic heterocycles. The molecule has 4 rings (SSSR count). The van der Waals surface area contributed by atoms with Gasteiger partial charge < -0.3 is 20.8 Å². The van der Waals surface area contributed by atoms with Gasteiger partial charge in [-0.15, -0.1) is 0 Å². The Morgan fingerprint density at radius 2 is 2.20 bits per heavy atom. The van der Waals surface area contributed by atoms with Gasteiger partial charge in [0, 0.05) is 36.1 Å². The number of anilines is 1. The molecule has 0 amide bonds. The zero-order chi connectivity index (χ0) is 21.3. The summed E-state index contributed by atoms with van der Waals surface area (Å²) in [6.07, 6.45) is 5.38. The number of nitrogens with zero attached hydrogens (tertiary/aromatic N) is 4. The summed E-state index contributed by atoms with van der Waals surface area (Å²) in [6.45, 7) is 3.83. The summed E-state index contributed by atoms with van der Waals surface area (Å²) >= 11 is 6.11. The van der Waals surface area contributed by atoms with Crippen molar-refractivity contribution in [1.82, 2.24) is 15.0 Å². The van der Waals surface area contributed by atoms with Gasteiger partial charge in [-0.3, -0.25) is 4.98 Å². The molecule has 0 saturated carbocycles. The second-order valence-electron chi connectivity index (χ2n) is 6.98. The fourth-order valence-electron chi connectivity index (χ4n) is 3.57. The normalized spacial score (nSPS) is 17.4. The van der Waals surface area contributed by atoms with E-state index in [-0.39, 0.29) is 11.6 Å². The van der Waals surface area contributed by atoms with Gasteiger partial charge in [0.15, 0.2) is 0 Å². The third kappa shape index (κ3) is 3.71. The number of nitrogens with two attached hydrogens (primary N) is 1. The number of morpholine rings is 1. The summed E-state index contributed by atoms with van der Waals surface area (Å²) in [5, 5.41) is 8.31. The maximum atomic E-state index is 14.7. The first kappa shape index (κ1) is 20.2. The smallest absolute Gasteiger partial charge is 0.220 e. The summed E-state index contributed by atoms with van der Waals surface area (Å²) in [5.41, 5.74) is 8.23. The van der Waals surface area contributed by atoms with Crippen molar-refractivity contribution < 1.29 is 9.13 Å². The number of pyridine rings is 3. The molecule has 3 N–H and O–H groups in total. The van der Waals surface area contributed by atoms with Crippen molar-refractivity contribution in [3.63, 3.8) is 0 Å². The van der Waals surface area contributed by atoms with Crippen molar-refractivity contribution >= 4 is 40.2 Å². The lowest BCUT2D eigenvalue weighted by atomic mass is 10.0. The van der Waals surface area contributed by atoms with Crippen LogP contribution in [-0.4, -0.2) is 47.0 Å². The van der Waals surface area contributed by atoms with Crippen LogP contribution in [0.1, 0.15) is 12.6 Å². The fraction of sp³-hybridized carbons (Fsp3) is 0.238. The average molecular weight is 427 g/mol. The number of fused-ring (bicyclic) bond motifs is 1. The molecule has 3 aromatic rings. The van der Waals surface area contributed by atoms with Gasteiger partial charge in [-0.1, -0.05) is 11.6 Å². The van der Waals surface area contributed by atoms with Crippen LogP contribution in [0.4, 0.5) is 10.2 Å². The molecular formula is C21H20ClFN6O. The van der Waals surface area contributed by atoms with Crippen LogP contribution < -0.4 is 10.6 Å². The standard InChI is InChI=1S/C21H20ClFN6O/c1-12-11-30-7-6-29(12)18-9-15(16-8-13(22)10-27-21(16)23)14-3-5-26-20(19(14)28-18)17(25)2-4-24/h2-5,8-10,12,24H,6-7,11,25H2,1H3/b17-2-,24-4?. The van der Waals surface area contributed by atoms with E-state index in [0.717, 1.165) is 6.21 Å². The topological polar surface area (TPSA) is 101 Å². The van der Waals surface area contributed by atoms with Gasteiger partial charge in [-0.05, 0) is 36.8 Å². The molecule has 0 aromatic carbocycles. The average Bonchev–Trinajstić information content (AvgIpc) is 2.75. The summed E-state index contributed by atoms with van der Waals surface area (Å²) in [5.74, 6) is 0.0267. The van der Waals surface area contributed by atoms with Gasteiger partial charge in [0.2, 0.25) is 5.95 Å². The number of aromatic nitrogens is 3. The second kappa shape index (κ2) is 8.33. The molecule has 1 unspecified atom stereocenters. The molecule has 0 spiro atoms. The van der Waals surface area contributed by atoms with Crippen LogP contribution in [-0.2, 0) is 4.74 Å². The Morgan fingerprint density at radius 3 is 2.97 bits per heavy atom. The van der Waals surface area contributed by atoms with Gasteiger partial charge in [0.05, 0.1) is 30.0 Å². The van der Waals surface area contributed by atoms with Crippen molar-refractivity contribution in [2.45, 2.75) is 13.0 Å². The Morgan fingerprint density at radius 1 is 1.37 bits per heavy atom. The minimum atomic E-state index is -0.630. The number of halogens is 2. The monoisotopic (exact) mass is 426 g/mol. The van der Waals surface area contributed by atoms with E-state index in [0.29, 0.717) is 58.5 Å². The Bertz CT molecular complexity index is 1150. The van der Waals surface area contributed by atoms with Crippen LogP contribution in [0.3, 0.4) is 0 Å². The number of rotatable bonds is 4. The zero-order valence-corrected chi connectivity index (χ0v) is 17.0. The third-order valence-electron chi connectivity index (χ3n) is 5.01. The summed E-state index contributed by atoms with van der Waals surface area (Å²) < 4.78 is 20.2. The highest BCUT2D eigenvalue weighted by Gasteiger charge is 2.24. The summed E-state index contributed by atoms with van der Waals surface area (Å²) in [7, 11) is 0. The highest BCUT2D eigenvalue weighted by Crippen LogP contribution is 2.35. The lowest BCUT2D eigenvalue weighted by molar-refractivity contribution is 0.0986. The predicted octanol–water partition coefficient (Wildman–Crippen LogP) is 3.66. The van der Waals surface area contributed by atoms with Crippen molar-refractivity contribution in [1.29, 1.82) is 5.41 Å². The molecule has 1 aliphatic rings. The molecule has 154 valence electrons. The van der Waals surface area contributed by atoms with Crippen molar-refractivity contribution in [3.05, 3.63) is 53.3 Å². The van der Waals surface area contributed by atoms with Crippen molar-refractivity contribution in [2.24, 2.45) is 5.73 Å². The molecule has 9 heteroatoms. The highest BCUT2D eigenvalue weighted by atomic mass is 35.5. The van der Waals surface area contributed by atoms with Crippen LogP contribution in [0.5, 0.6) is 0 Å². The highest BCUT2D eigenvalue weighted by molar-refractivity contribution is 6.30. The molecule has 0 bridgehead atoms. The number of ether oxygens (including phenoxy) is 1. The molecule has 3 aromatic heterocycles. The first-order chi connectivity index (χ1) is 14.5. The minimum Gasteiger partial charge on any atom is -0.397 e. The second-order valence-corrected chi connectivity index (χ2v) is 7.42. The Labute approximate surface area is 177 Å². The SMILES string of the molecule is CC1COCCN1c1cc(-c2cc(Cl)cnc2F)c2ccnc(/C(N)=C/C=N)c2n1. The zero-order valence-electron chi connectivity index (χ0n) is 16.3. The van der Waals surface area contributed by atoms with Gasteiger partial charge in [0.25, 0.3) is 0 Å². The van der Waals surface area contributed by atoms with Crippen LogP contribution in [0.2, 0.25) is 5.02 Å². The van der Waals surface area contributed by atoms with Crippen LogP contribution in [0.25, 0.3) is 27.7 Å². The van der Waals surface area contributed by atoms with Crippen molar-refractivity contribution in [2.75, 3.05) is 24.7 Å². The van der Waals surface area contributed by atoms with E-state index in [1.165, 1.54) is 12.3 Å². The van der Waals surface area contributed by atoms with Gasteiger partial charge in [-0.25, -0.2) is 9.97 Å². The van der Waals surface area contributed by atoms with Gasteiger partial charge in [-0.2, -0.15) is 4.39 Å². The molecule has 4 heterocycles. The van der Waals surface area contributed by atoms with Gasteiger partial charge >= 0.3 is 0 Å². The van der Waals surface area contributed by atoms with Gasteiger partial charge in [0.1, 0.15) is 17.0 Å². The molecule has 1 atom stereocenters.